The largest absolute Gasteiger partial charge is 0.490 e. The summed E-state index contributed by atoms with van der Waals surface area (Å²) in [4.78, 5) is 36.8. The van der Waals surface area contributed by atoms with Gasteiger partial charge in [-0.05, 0) is 99.4 Å². The first-order chi connectivity index (χ1) is 27.4. The van der Waals surface area contributed by atoms with Crippen molar-refractivity contribution in [3.63, 3.8) is 0 Å². The fraction of sp³-hybridized carbons (Fsp3) is 0.619. The normalized spacial score (nSPS) is 29.3. The van der Waals surface area contributed by atoms with E-state index in [2.05, 4.69) is 20.6 Å². The lowest BCUT2D eigenvalue weighted by Gasteiger charge is -2.42. The first-order valence-corrected chi connectivity index (χ1v) is 22.4. The van der Waals surface area contributed by atoms with Gasteiger partial charge in [0.2, 0.25) is 15.9 Å². The molecule has 1 aliphatic carbocycles. The highest BCUT2D eigenvalue weighted by atomic mass is 35.5. The number of aryl methyl sites for hydroxylation is 1. The van der Waals surface area contributed by atoms with Crippen molar-refractivity contribution >= 4 is 39.1 Å². The molecule has 7 rings (SSSR count). The number of methoxy groups -OCH3 is 1. The van der Waals surface area contributed by atoms with Crippen LogP contribution in [0.2, 0.25) is 5.02 Å². The van der Waals surface area contributed by atoms with E-state index < -0.39 is 44.4 Å². The second-order valence-electron chi connectivity index (χ2n) is 16.5. The Balaban J connectivity index is 1.30. The number of anilines is 1. The van der Waals surface area contributed by atoms with E-state index in [0.29, 0.717) is 82.2 Å². The monoisotopic (exact) mass is 829 g/mol. The zero-order valence-electron chi connectivity index (χ0n) is 33.4. The van der Waals surface area contributed by atoms with Crippen molar-refractivity contribution in [3.8, 4) is 5.75 Å². The zero-order chi connectivity index (χ0) is 40.3. The highest BCUT2D eigenvalue weighted by molar-refractivity contribution is 7.90. The van der Waals surface area contributed by atoms with Gasteiger partial charge in [0.25, 0.3) is 5.91 Å². The second-order valence-corrected chi connectivity index (χ2v) is 19.0. The minimum absolute atomic E-state index is 0.0600. The summed E-state index contributed by atoms with van der Waals surface area (Å²) < 4.78 is 64.3. The first-order valence-electron chi connectivity index (χ1n) is 20.4. The quantitative estimate of drug-likeness (QED) is 0.417. The maximum atomic E-state index is 17.1. The molecule has 12 nitrogen and oxygen atoms in total. The van der Waals surface area contributed by atoms with E-state index in [1.807, 2.05) is 17.0 Å². The molecule has 1 N–H and O–H groups in total. The van der Waals surface area contributed by atoms with Crippen molar-refractivity contribution < 1.29 is 36.6 Å². The van der Waals surface area contributed by atoms with Crippen LogP contribution in [0.5, 0.6) is 5.75 Å². The van der Waals surface area contributed by atoms with Gasteiger partial charge in [-0.25, -0.2) is 17.5 Å². The van der Waals surface area contributed by atoms with E-state index in [0.717, 1.165) is 45.2 Å². The summed E-state index contributed by atoms with van der Waals surface area (Å²) in [6, 6.07) is 9.69. The van der Waals surface area contributed by atoms with E-state index in [1.165, 1.54) is 24.1 Å². The molecule has 312 valence electrons. The van der Waals surface area contributed by atoms with E-state index in [1.54, 1.807) is 37.1 Å². The number of nitrogens with one attached hydrogen (secondary N) is 1. The van der Waals surface area contributed by atoms with Gasteiger partial charge >= 0.3 is 0 Å². The molecule has 4 heterocycles. The van der Waals surface area contributed by atoms with Crippen molar-refractivity contribution in [3.05, 3.63) is 70.0 Å². The molecule has 4 aliphatic heterocycles. The van der Waals surface area contributed by atoms with Gasteiger partial charge in [0.05, 0.1) is 37.4 Å². The van der Waals surface area contributed by atoms with Gasteiger partial charge in [0, 0.05) is 75.0 Å². The van der Waals surface area contributed by atoms with Crippen LogP contribution in [-0.2, 0) is 36.1 Å². The van der Waals surface area contributed by atoms with Crippen LogP contribution in [0.1, 0.15) is 67.4 Å². The summed E-state index contributed by atoms with van der Waals surface area (Å²) in [6.45, 7) is 9.53. The smallest absolute Gasteiger partial charge is 0.264 e. The van der Waals surface area contributed by atoms with Gasteiger partial charge in [-0.3, -0.25) is 19.4 Å². The Morgan fingerprint density at radius 1 is 1.11 bits per heavy atom. The predicted octanol–water partition coefficient (Wildman–Crippen LogP) is 4.79. The molecule has 2 saturated heterocycles. The summed E-state index contributed by atoms with van der Waals surface area (Å²) in [5, 5.41) is -0.348. The van der Waals surface area contributed by atoms with E-state index in [4.69, 9.17) is 25.8 Å². The SMILES string of the molecule is COCCN(CCN1CCOCC1)C(=O)[C@H]1/C(F)=C/C[C@H](C)[C@@H](C)S(=O)(=O)NC(=O)c2ccc3c(c2)N(C[C@@H]2CCCN21)C[C@@]1(CCCc2cc(Cl)ccc21)CO3. The lowest BCUT2D eigenvalue weighted by molar-refractivity contribution is -0.137. The number of fused-ring (bicyclic) bond motifs is 4. The number of carbonyl (C=O) groups is 2. The van der Waals surface area contributed by atoms with Gasteiger partial charge < -0.3 is 24.0 Å². The van der Waals surface area contributed by atoms with Gasteiger partial charge in [-0.15, -0.1) is 0 Å². The summed E-state index contributed by atoms with van der Waals surface area (Å²) in [5.74, 6) is -1.65. The lowest BCUT2D eigenvalue weighted by atomic mass is 9.70. The average molecular weight is 830 g/mol. The molecule has 2 aromatic rings. The number of nitrogens with zero attached hydrogens (tertiary/aromatic N) is 4. The topological polar surface area (TPSA) is 121 Å². The fourth-order valence-corrected chi connectivity index (χ4v) is 10.8. The summed E-state index contributed by atoms with van der Waals surface area (Å²) in [6.07, 6.45) is 5.65. The van der Waals surface area contributed by atoms with Crippen molar-refractivity contribution in [2.24, 2.45) is 5.92 Å². The molecule has 0 saturated carbocycles. The molecule has 0 aromatic heterocycles. The molecule has 2 fully saturated rings. The molecular formula is C42H57ClFN5O7S. The Hall–Kier alpha value is -3.27. The average Bonchev–Trinajstić information content (AvgIpc) is 3.59. The van der Waals surface area contributed by atoms with Crippen LogP contribution < -0.4 is 14.4 Å². The second kappa shape index (κ2) is 17.9. The van der Waals surface area contributed by atoms with Crippen molar-refractivity contribution in [1.82, 2.24) is 19.4 Å². The number of carbonyl (C=O) groups excluding carboxylic acids is 2. The Kier molecular flexibility index (Phi) is 13.2. The van der Waals surface area contributed by atoms with Crippen LogP contribution in [0.3, 0.4) is 0 Å². The molecular weight excluding hydrogens is 773 g/mol. The molecule has 1 spiro atoms. The summed E-state index contributed by atoms with van der Waals surface area (Å²) >= 11 is 6.49. The molecule has 5 aliphatic rings. The van der Waals surface area contributed by atoms with Gasteiger partial charge in [0.15, 0.2) is 0 Å². The number of amides is 2. The minimum atomic E-state index is -4.16. The van der Waals surface area contributed by atoms with Crippen LogP contribution in [0.15, 0.2) is 48.3 Å². The number of morpholine rings is 1. The van der Waals surface area contributed by atoms with Crippen LogP contribution in [0, 0.1) is 5.92 Å². The predicted molar refractivity (Wildman–Crippen MR) is 218 cm³/mol. The van der Waals surface area contributed by atoms with Crippen LogP contribution in [-0.4, -0.2) is 138 Å². The van der Waals surface area contributed by atoms with Crippen molar-refractivity contribution in [1.29, 1.82) is 0 Å². The third-order valence-electron chi connectivity index (χ3n) is 12.9. The van der Waals surface area contributed by atoms with E-state index >= 15 is 4.39 Å². The molecule has 0 unspecified atom stereocenters. The molecule has 2 bridgehead atoms. The maximum Gasteiger partial charge on any atom is 0.264 e. The van der Waals surface area contributed by atoms with E-state index in [-0.39, 0.29) is 23.9 Å². The highest BCUT2D eigenvalue weighted by Gasteiger charge is 2.45. The van der Waals surface area contributed by atoms with Crippen molar-refractivity contribution in [2.75, 3.05) is 90.8 Å². The molecule has 5 atom stereocenters. The van der Waals surface area contributed by atoms with Crippen molar-refractivity contribution in [2.45, 2.75) is 75.1 Å². The van der Waals surface area contributed by atoms with Gasteiger partial charge in [-0.2, -0.15) is 0 Å². The number of allylic oxidation sites excluding steroid dienone is 1. The molecule has 15 heteroatoms. The Labute approximate surface area is 341 Å². The number of benzene rings is 2. The number of sulfonamides is 1. The molecule has 2 amide bonds. The fourth-order valence-electron chi connectivity index (χ4n) is 9.30. The summed E-state index contributed by atoms with van der Waals surface area (Å²) in [7, 11) is -2.57. The third kappa shape index (κ3) is 9.16. The van der Waals surface area contributed by atoms with Crippen LogP contribution >= 0.6 is 11.6 Å². The standard InChI is InChI=1S/C42H57ClFN5O7S/c1-29-8-12-36(44)39(41(51)47(20-21-54-3)17-16-46-18-22-55-23-19-46)49-15-5-7-34(49)26-48-27-42(14-4-6-31-24-33(43)10-11-35(31)42)28-56-38-13-9-32(25-37(38)48)40(50)45-57(52,53)30(29)2/h9-13,24-25,29-30,34,39H,4-8,14-23,26-28H2,1-3H3,(H,45,50)/b36-12-/t29-,30+,34-,39+,42-/m0/s1. The Morgan fingerprint density at radius 2 is 1.91 bits per heavy atom. The Morgan fingerprint density at radius 3 is 2.70 bits per heavy atom. The van der Waals surface area contributed by atoms with E-state index in [9.17, 15) is 18.0 Å². The third-order valence-corrected chi connectivity index (χ3v) is 15.0. The van der Waals surface area contributed by atoms with Gasteiger partial charge in [-0.1, -0.05) is 30.7 Å². The Bertz CT molecular complexity index is 1930. The van der Waals surface area contributed by atoms with Crippen LogP contribution in [0.25, 0.3) is 0 Å². The minimum Gasteiger partial charge on any atom is -0.490 e. The number of rotatable bonds is 7. The highest BCUT2D eigenvalue weighted by Crippen LogP contribution is 2.45. The first kappa shape index (κ1) is 41.9. The molecule has 57 heavy (non-hydrogen) atoms. The maximum absolute atomic E-state index is 17.1. The molecule has 0 radical (unpaired) electrons. The van der Waals surface area contributed by atoms with Crippen LogP contribution in [0.4, 0.5) is 10.1 Å². The van der Waals surface area contributed by atoms with Gasteiger partial charge in [0.1, 0.15) is 17.6 Å². The lowest BCUT2D eigenvalue weighted by Crippen LogP contribution is -2.55. The molecule has 2 aromatic carbocycles. The number of halogens is 2. The number of hydrogen-bond acceptors (Lipinski definition) is 10. The summed E-state index contributed by atoms with van der Waals surface area (Å²) in [5.41, 5.74) is 2.78. The number of hydrogen-bond donors (Lipinski definition) is 1. The number of ether oxygens (including phenoxy) is 3. The zero-order valence-corrected chi connectivity index (χ0v) is 35.0.